The zero-order chi connectivity index (χ0) is 63.6. The number of ketones is 1. The Morgan fingerprint density at radius 1 is 0.395 bits per heavy atom. The maximum atomic E-state index is 13.4. The summed E-state index contributed by atoms with van der Waals surface area (Å²) in [4.78, 5) is 77.5. The van der Waals surface area contributed by atoms with Crippen LogP contribution in [-0.4, -0.2) is 239 Å². The molecule has 15 N–H and O–H groups in total. The van der Waals surface area contributed by atoms with Crippen LogP contribution in [0.1, 0.15) is 163 Å². The topological polar surface area (TPSA) is 412 Å². The van der Waals surface area contributed by atoms with E-state index in [2.05, 4.69) is 31.9 Å². The second-order valence-corrected chi connectivity index (χ2v) is 23.7. The number of amides is 5. The van der Waals surface area contributed by atoms with Crippen LogP contribution in [0.15, 0.2) is 0 Å². The first-order valence-corrected chi connectivity index (χ1v) is 31.4. The van der Waals surface area contributed by atoms with Crippen molar-refractivity contribution in [2.75, 3.05) is 72.4 Å². The summed E-state index contributed by atoms with van der Waals surface area (Å²) in [7, 11) is 0. The van der Waals surface area contributed by atoms with Crippen LogP contribution >= 0.6 is 0 Å². The lowest BCUT2D eigenvalue weighted by Crippen LogP contribution is -2.55. The lowest BCUT2D eigenvalue weighted by Gasteiger charge is -2.40. The number of Topliss-reactive ketones (excluding diaryl/α,β-unsaturated/α-hetero) is 1. The lowest BCUT2D eigenvalue weighted by atomic mass is 9.81. The molecule has 15 atom stereocenters. The average molecular weight is 1240 g/mol. The molecule has 0 aromatic carbocycles. The Morgan fingerprint density at radius 2 is 0.686 bits per heavy atom. The van der Waals surface area contributed by atoms with E-state index in [1.165, 1.54) is 0 Å². The van der Waals surface area contributed by atoms with E-state index in [9.17, 15) is 74.7 Å². The first kappa shape index (κ1) is 76.6. The van der Waals surface area contributed by atoms with Crippen molar-refractivity contribution in [3.05, 3.63) is 0 Å². The quantitative estimate of drug-likeness (QED) is 0.0324. The Labute approximate surface area is 507 Å². The average Bonchev–Trinajstić information content (AvgIpc) is 3.68. The third-order valence-corrected chi connectivity index (χ3v) is 16.1. The fraction of sp³-hybridized carbons (Fsp3) is 0.898. The number of rotatable bonds is 45. The van der Waals surface area contributed by atoms with Crippen molar-refractivity contribution in [2.24, 2.45) is 17.8 Å². The monoisotopic (exact) mass is 1240 g/mol. The van der Waals surface area contributed by atoms with Gasteiger partial charge in [-0.05, 0) is 83.5 Å². The van der Waals surface area contributed by atoms with E-state index in [4.69, 9.17) is 28.4 Å². The number of nitrogens with one attached hydrogen (secondary N) is 6. The summed E-state index contributed by atoms with van der Waals surface area (Å²) in [6.07, 6.45) is -4.40. The Kier molecular flexibility index (Phi) is 37.8. The highest BCUT2D eigenvalue weighted by Gasteiger charge is 2.45. The summed E-state index contributed by atoms with van der Waals surface area (Å²) in [6.45, 7) is 10.0. The SMILES string of the molecule is CC(C)NC(CCC(=O)CCCCNC(=O)CCCCO[C@@H]1OC(CO)[C@H](O)[C@H](O)C1C)(CCC(=O)NCCCNC(=O)CCCCO[C@@H]1OC(CO)[C@H](O)[C@H](O)C1C)CCC(=O)NCCCNC(=O)CCCCO[C@@H]1OC(CO)[C@H](O)[C@H](O)C1C. The van der Waals surface area contributed by atoms with E-state index in [0.29, 0.717) is 116 Å². The van der Waals surface area contributed by atoms with Gasteiger partial charge in [0.25, 0.3) is 0 Å². The molecular weight excluding hydrogens is 1130 g/mol. The number of carbonyl (C=O) groups excluding carboxylic acids is 6. The lowest BCUT2D eigenvalue weighted by molar-refractivity contribution is -0.282. The molecule has 0 radical (unpaired) electrons. The highest BCUT2D eigenvalue weighted by molar-refractivity contribution is 5.79. The van der Waals surface area contributed by atoms with Crippen LogP contribution in [0.3, 0.4) is 0 Å². The van der Waals surface area contributed by atoms with Crippen molar-refractivity contribution in [3.8, 4) is 0 Å². The molecule has 0 saturated carbocycles. The predicted octanol–water partition coefficient (Wildman–Crippen LogP) is -1.05. The predicted molar refractivity (Wildman–Crippen MR) is 312 cm³/mol. The van der Waals surface area contributed by atoms with Crippen molar-refractivity contribution >= 4 is 35.3 Å². The van der Waals surface area contributed by atoms with E-state index in [1.807, 2.05) is 13.8 Å². The van der Waals surface area contributed by atoms with Gasteiger partial charge in [-0.3, -0.25) is 28.8 Å². The van der Waals surface area contributed by atoms with Crippen molar-refractivity contribution in [2.45, 2.75) is 248 Å². The Balaban J connectivity index is 1.41. The van der Waals surface area contributed by atoms with Gasteiger partial charge in [-0.1, -0.05) is 34.6 Å². The van der Waals surface area contributed by atoms with Gasteiger partial charge in [-0.25, -0.2) is 0 Å². The van der Waals surface area contributed by atoms with Gasteiger partial charge < -0.3 is 106 Å². The number of carbonyl (C=O) groups is 6. The zero-order valence-electron chi connectivity index (χ0n) is 51.6. The summed E-state index contributed by atoms with van der Waals surface area (Å²) in [6, 6.07) is -0.0608. The van der Waals surface area contributed by atoms with Gasteiger partial charge >= 0.3 is 0 Å². The highest BCUT2D eigenvalue weighted by atomic mass is 16.7. The first-order valence-electron chi connectivity index (χ1n) is 31.4. The molecular formula is C59H108N6O21. The maximum Gasteiger partial charge on any atom is 0.220 e. The molecule has 3 rings (SSSR count). The van der Waals surface area contributed by atoms with Gasteiger partial charge in [-0.15, -0.1) is 0 Å². The molecule has 3 aliphatic heterocycles. The third-order valence-electron chi connectivity index (χ3n) is 16.1. The second-order valence-electron chi connectivity index (χ2n) is 23.7. The molecule has 500 valence electrons. The fourth-order valence-corrected chi connectivity index (χ4v) is 10.6. The Bertz CT molecular complexity index is 1740. The zero-order valence-corrected chi connectivity index (χ0v) is 51.6. The summed E-state index contributed by atoms with van der Waals surface area (Å²) in [5.41, 5.74) is -0.761. The van der Waals surface area contributed by atoms with E-state index in [1.54, 1.807) is 20.8 Å². The maximum absolute atomic E-state index is 13.4. The van der Waals surface area contributed by atoms with Crippen LogP contribution in [0.2, 0.25) is 0 Å². The molecule has 5 amide bonds. The van der Waals surface area contributed by atoms with E-state index in [0.717, 1.165) is 0 Å². The molecule has 3 fully saturated rings. The summed E-state index contributed by atoms with van der Waals surface area (Å²) < 4.78 is 33.9. The van der Waals surface area contributed by atoms with Gasteiger partial charge in [0.05, 0.1) is 38.1 Å². The summed E-state index contributed by atoms with van der Waals surface area (Å²) in [5, 5.41) is 107. The smallest absolute Gasteiger partial charge is 0.220 e. The molecule has 86 heavy (non-hydrogen) atoms. The van der Waals surface area contributed by atoms with Crippen LogP contribution in [0.4, 0.5) is 0 Å². The molecule has 0 bridgehead atoms. The largest absolute Gasteiger partial charge is 0.394 e. The van der Waals surface area contributed by atoms with Gasteiger partial charge in [0.2, 0.25) is 29.5 Å². The molecule has 3 heterocycles. The molecule has 3 aliphatic rings. The molecule has 0 aromatic rings. The number of aliphatic hydroxyl groups excluding tert-OH is 9. The summed E-state index contributed by atoms with van der Waals surface area (Å²) in [5.74, 6) is -2.41. The number of unbranched alkanes of at least 4 members (excludes halogenated alkanes) is 4. The second kappa shape index (κ2) is 42.4. The van der Waals surface area contributed by atoms with Crippen molar-refractivity contribution in [1.29, 1.82) is 0 Å². The molecule has 6 unspecified atom stereocenters. The molecule has 27 heteroatoms. The Hall–Kier alpha value is -3.62. The minimum absolute atomic E-state index is 0.0141. The Morgan fingerprint density at radius 3 is 1.00 bits per heavy atom. The number of hydrogen-bond acceptors (Lipinski definition) is 22. The minimum atomic E-state index is -1.22. The summed E-state index contributed by atoms with van der Waals surface area (Å²) >= 11 is 0. The van der Waals surface area contributed by atoms with E-state index in [-0.39, 0.29) is 106 Å². The third kappa shape index (κ3) is 28.5. The number of hydrogen-bond donors (Lipinski definition) is 15. The molecule has 3 saturated heterocycles. The van der Waals surface area contributed by atoms with E-state index < -0.39 is 117 Å². The van der Waals surface area contributed by atoms with Crippen LogP contribution in [0.25, 0.3) is 0 Å². The first-order chi connectivity index (χ1) is 41.1. The van der Waals surface area contributed by atoms with Gasteiger partial charge in [0.1, 0.15) is 42.4 Å². The number of ether oxygens (including phenoxy) is 6. The van der Waals surface area contributed by atoms with Crippen molar-refractivity contribution in [1.82, 2.24) is 31.9 Å². The standard InChI is InChI=1S/C59H108N6O21/c1-37(2)65-59(23-20-41(69)16-6-10-26-60-45(70)17-7-11-31-81-56-38(3)50(75)53(78)42(34-66)84-56,24-21-48(73)63-29-14-27-61-46(71)18-8-12-32-82-57-39(4)51(76)54(79)43(35-67)85-57)25-22-49(74)64-30-15-28-62-47(72)19-9-13-33-83-58-40(5)52(77)55(80)44(36-68)86-58/h37-40,42-44,50-58,65-68,75-80H,6-36H2,1-5H3,(H,60,70)(H,61,71)(H,62,72)(H,63,73)(H,64,74)/t38?,39?,40?,42?,43?,44?,50-,51-,52-,53+,54+,55+,56-,57-,58-,59?/m1/s1. The van der Waals surface area contributed by atoms with Crippen LogP contribution in [-0.2, 0) is 57.2 Å². The van der Waals surface area contributed by atoms with Crippen molar-refractivity contribution in [3.63, 3.8) is 0 Å². The van der Waals surface area contributed by atoms with Gasteiger partial charge in [0, 0.05) is 127 Å². The molecule has 0 aliphatic carbocycles. The fourth-order valence-electron chi connectivity index (χ4n) is 10.6. The van der Waals surface area contributed by atoms with Gasteiger partial charge in [-0.2, -0.15) is 0 Å². The van der Waals surface area contributed by atoms with E-state index >= 15 is 0 Å². The van der Waals surface area contributed by atoms with Crippen LogP contribution < -0.4 is 31.9 Å². The van der Waals surface area contributed by atoms with Gasteiger partial charge in [0.15, 0.2) is 18.9 Å². The molecule has 0 spiro atoms. The minimum Gasteiger partial charge on any atom is -0.394 e. The van der Waals surface area contributed by atoms with Crippen molar-refractivity contribution < 1.29 is 103 Å². The number of aliphatic hydroxyl groups is 9. The van der Waals surface area contributed by atoms with Crippen LogP contribution in [0, 0.1) is 17.8 Å². The normalized spacial score (nSPS) is 28.3. The van der Waals surface area contributed by atoms with Crippen LogP contribution in [0.5, 0.6) is 0 Å². The molecule has 27 nitrogen and oxygen atoms in total. The molecule has 0 aromatic heterocycles. The highest BCUT2D eigenvalue weighted by Crippen LogP contribution is 2.31.